The SMILES string of the molecule is N#Cc1ccccc1-c1ccccc1C(=O)NCCOc1ccccc1. The number of hydrogen-bond donors (Lipinski definition) is 1. The zero-order valence-electron chi connectivity index (χ0n) is 14.2. The first-order valence-corrected chi connectivity index (χ1v) is 8.34. The Kier molecular flexibility index (Phi) is 5.64. The molecule has 128 valence electrons. The summed E-state index contributed by atoms with van der Waals surface area (Å²) in [5, 5.41) is 12.2. The zero-order chi connectivity index (χ0) is 18.2. The van der Waals surface area contributed by atoms with E-state index >= 15 is 0 Å². The van der Waals surface area contributed by atoms with Crippen molar-refractivity contribution >= 4 is 5.91 Å². The van der Waals surface area contributed by atoms with Crippen molar-refractivity contribution in [3.63, 3.8) is 0 Å². The van der Waals surface area contributed by atoms with Gasteiger partial charge in [0.05, 0.1) is 18.2 Å². The van der Waals surface area contributed by atoms with Crippen molar-refractivity contribution in [3.05, 3.63) is 90.0 Å². The van der Waals surface area contributed by atoms with Gasteiger partial charge in [-0.2, -0.15) is 5.26 Å². The Labute approximate surface area is 152 Å². The van der Waals surface area contributed by atoms with Gasteiger partial charge in [0.15, 0.2) is 0 Å². The second-order valence-corrected chi connectivity index (χ2v) is 5.62. The van der Waals surface area contributed by atoms with Crippen LogP contribution in [0.25, 0.3) is 11.1 Å². The van der Waals surface area contributed by atoms with Crippen LogP contribution in [-0.4, -0.2) is 19.1 Å². The van der Waals surface area contributed by atoms with E-state index in [1.807, 2.05) is 66.7 Å². The molecule has 4 heteroatoms. The summed E-state index contributed by atoms with van der Waals surface area (Å²) in [4.78, 5) is 12.6. The van der Waals surface area contributed by atoms with Gasteiger partial charge >= 0.3 is 0 Å². The fourth-order valence-electron chi connectivity index (χ4n) is 2.68. The summed E-state index contributed by atoms with van der Waals surface area (Å²) in [7, 11) is 0. The van der Waals surface area contributed by atoms with Gasteiger partial charge in [-0.1, -0.05) is 54.6 Å². The largest absolute Gasteiger partial charge is 0.492 e. The van der Waals surface area contributed by atoms with Crippen LogP contribution in [0.2, 0.25) is 0 Å². The maximum absolute atomic E-state index is 12.6. The predicted octanol–water partition coefficient (Wildman–Crippen LogP) is 4.03. The predicted molar refractivity (Wildman–Crippen MR) is 101 cm³/mol. The molecule has 0 fully saturated rings. The monoisotopic (exact) mass is 342 g/mol. The number of nitrogens with one attached hydrogen (secondary N) is 1. The molecule has 3 rings (SSSR count). The van der Waals surface area contributed by atoms with Gasteiger partial charge < -0.3 is 10.1 Å². The average Bonchev–Trinajstić information content (AvgIpc) is 2.72. The number of carbonyl (C=O) groups is 1. The Morgan fingerprint density at radius 2 is 1.54 bits per heavy atom. The van der Waals surface area contributed by atoms with Crippen molar-refractivity contribution in [1.82, 2.24) is 5.32 Å². The smallest absolute Gasteiger partial charge is 0.252 e. The fourth-order valence-corrected chi connectivity index (χ4v) is 2.68. The van der Waals surface area contributed by atoms with Crippen LogP contribution < -0.4 is 10.1 Å². The number of hydrogen-bond acceptors (Lipinski definition) is 3. The number of nitrogens with zero attached hydrogens (tertiary/aromatic N) is 1. The molecule has 0 aliphatic carbocycles. The molecule has 0 aliphatic heterocycles. The molecule has 0 aliphatic rings. The fraction of sp³-hybridized carbons (Fsp3) is 0.0909. The summed E-state index contributed by atoms with van der Waals surface area (Å²) >= 11 is 0. The van der Waals surface area contributed by atoms with Crippen molar-refractivity contribution in [2.24, 2.45) is 0 Å². The highest BCUT2D eigenvalue weighted by Crippen LogP contribution is 2.26. The minimum absolute atomic E-state index is 0.190. The van der Waals surface area contributed by atoms with Crippen LogP contribution in [-0.2, 0) is 0 Å². The summed E-state index contributed by atoms with van der Waals surface area (Å²) < 4.78 is 5.59. The Hall–Kier alpha value is -3.58. The van der Waals surface area contributed by atoms with E-state index in [0.717, 1.165) is 16.9 Å². The van der Waals surface area contributed by atoms with Crippen LogP contribution in [0.4, 0.5) is 0 Å². The number of amides is 1. The van der Waals surface area contributed by atoms with Crippen molar-refractivity contribution < 1.29 is 9.53 Å². The molecule has 0 radical (unpaired) electrons. The van der Waals surface area contributed by atoms with E-state index in [0.29, 0.717) is 24.3 Å². The molecule has 3 aromatic rings. The number of ether oxygens (including phenoxy) is 1. The van der Waals surface area contributed by atoms with Crippen LogP contribution in [0.15, 0.2) is 78.9 Å². The third-order valence-electron chi connectivity index (χ3n) is 3.91. The molecule has 4 nitrogen and oxygen atoms in total. The van der Waals surface area contributed by atoms with Gasteiger partial charge in [0.2, 0.25) is 0 Å². The maximum Gasteiger partial charge on any atom is 0.252 e. The van der Waals surface area contributed by atoms with E-state index in [1.165, 1.54) is 0 Å². The molecule has 0 aromatic heterocycles. The van der Waals surface area contributed by atoms with Gasteiger partial charge in [0, 0.05) is 11.1 Å². The lowest BCUT2D eigenvalue weighted by Crippen LogP contribution is -2.28. The minimum Gasteiger partial charge on any atom is -0.492 e. The molecule has 0 unspecified atom stereocenters. The van der Waals surface area contributed by atoms with Gasteiger partial charge in [-0.05, 0) is 29.8 Å². The summed E-state index contributed by atoms with van der Waals surface area (Å²) in [6, 6.07) is 26.2. The summed E-state index contributed by atoms with van der Waals surface area (Å²) in [5.41, 5.74) is 2.57. The molecular weight excluding hydrogens is 324 g/mol. The normalized spacial score (nSPS) is 9.96. The van der Waals surface area contributed by atoms with Gasteiger partial charge in [-0.15, -0.1) is 0 Å². The molecule has 0 heterocycles. The number of nitriles is 1. The number of benzene rings is 3. The Morgan fingerprint density at radius 1 is 0.885 bits per heavy atom. The van der Waals surface area contributed by atoms with Crippen molar-refractivity contribution in [3.8, 4) is 22.9 Å². The van der Waals surface area contributed by atoms with Crippen molar-refractivity contribution in [2.75, 3.05) is 13.2 Å². The molecule has 1 amide bonds. The molecule has 0 spiro atoms. The van der Waals surface area contributed by atoms with Crippen LogP contribution in [0, 0.1) is 11.3 Å². The molecule has 0 bridgehead atoms. The number of rotatable bonds is 6. The maximum atomic E-state index is 12.6. The zero-order valence-corrected chi connectivity index (χ0v) is 14.2. The summed E-state index contributed by atoms with van der Waals surface area (Å²) in [6.07, 6.45) is 0. The third kappa shape index (κ3) is 4.08. The first-order chi connectivity index (χ1) is 12.8. The van der Waals surface area contributed by atoms with E-state index in [2.05, 4.69) is 11.4 Å². The lowest BCUT2D eigenvalue weighted by molar-refractivity contribution is 0.0947. The molecule has 0 saturated heterocycles. The molecular formula is C22H18N2O2. The van der Waals surface area contributed by atoms with Crippen LogP contribution >= 0.6 is 0 Å². The Morgan fingerprint density at radius 3 is 2.31 bits per heavy atom. The first kappa shape index (κ1) is 17.2. The van der Waals surface area contributed by atoms with Crippen LogP contribution in [0.3, 0.4) is 0 Å². The van der Waals surface area contributed by atoms with E-state index in [9.17, 15) is 10.1 Å². The van der Waals surface area contributed by atoms with E-state index in [1.54, 1.807) is 12.1 Å². The highest BCUT2D eigenvalue weighted by Gasteiger charge is 2.14. The quantitative estimate of drug-likeness (QED) is 0.688. The van der Waals surface area contributed by atoms with Gasteiger partial charge in [0.1, 0.15) is 12.4 Å². The van der Waals surface area contributed by atoms with Crippen molar-refractivity contribution in [2.45, 2.75) is 0 Å². The topological polar surface area (TPSA) is 62.1 Å². The summed E-state index contributed by atoms with van der Waals surface area (Å²) in [6.45, 7) is 0.772. The van der Waals surface area contributed by atoms with Gasteiger partial charge in [0.25, 0.3) is 5.91 Å². The highest BCUT2D eigenvalue weighted by atomic mass is 16.5. The second-order valence-electron chi connectivity index (χ2n) is 5.62. The van der Waals surface area contributed by atoms with Crippen LogP contribution in [0.1, 0.15) is 15.9 Å². The third-order valence-corrected chi connectivity index (χ3v) is 3.91. The molecule has 1 N–H and O–H groups in total. The van der Waals surface area contributed by atoms with Gasteiger partial charge in [-0.25, -0.2) is 0 Å². The standard InChI is InChI=1S/C22H18N2O2/c23-16-17-8-4-5-11-19(17)20-12-6-7-13-21(20)22(25)24-14-15-26-18-9-2-1-3-10-18/h1-13H,14-15H2,(H,24,25). The summed E-state index contributed by atoms with van der Waals surface area (Å²) in [5.74, 6) is 0.579. The molecule has 3 aromatic carbocycles. The van der Waals surface area contributed by atoms with E-state index in [4.69, 9.17) is 4.74 Å². The first-order valence-electron chi connectivity index (χ1n) is 8.34. The van der Waals surface area contributed by atoms with Crippen LogP contribution in [0.5, 0.6) is 5.75 Å². The average molecular weight is 342 g/mol. The lowest BCUT2D eigenvalue weighted by atomic mass is 9.95. The number of para-hydroxylation sites is 1. The lowest BCUT2D eigenvalue weighted by Gasteiger charge is -2.12. The van der Waals surface area contributed by atoms with Crippen molar-refractivity contribution in [1.29, 1.82) is 5.26 Å². The Bertz CT molecular complexity index is 930. The molecule has 0 atom stereocenters. The number of carbonyl (C=O) groups excluding carboxylic acids is 1. The highest BCUT2D eigenvalue weighted by molar-refractivity contribution is 6.01. The molecule has 0 saturated carbocycles. The van der Waals surface area contributed by atoms with E-state index in [-0.39, 0.29) is 5.91 Å². The van der Waals surface area contributed by atoms with Gasteiger partial charge in [-0.3, -0.25) is 4.79 Å². The van der Waals surface area contributed by atoms with E-state index < -0.39 is 0 Å². The molecule has 26 heavy (non-hydrogen) atoms. The Balaban J connectivity index is 1.69. The minimum atomic E-state index is -0.190. The second kappa shape index (κ2) is 8.50.